The molecule has 0 spiro atoms. The Morgan fingerprint density at radius 3 is 2.52 bits per heavy atom. The van der Waals surface area contributed by atoms with Crippen molar-refractivity contribution in [2.45, 2.75) is 57.5 Å². The molecule has 206 valence electrons. The van der Waals surface area contributed by atoms with Gasteiger partial charge >= 0.3 is 6.03 Å². The maximum atomic E-state index is 13.3. The van der Waals surface area contributed by atoms with Gasteiger partial charge in [-0.1, -0.05) is 0 Å². The number of hydrogen-bond acceptors (Lipinski definition) is 8. The normalized spacial score (nSPS) is 22.4. The van der Waals surface area contributed by atoms with Crippen LogP contribution in [0.25, 0.3) is 22.6 Å². The standard InChI is InChI=1S/C28H31N9O2S/c1-16-7-8-35(33-16)23-6-3-18(13-30-23)22-14-31-37-26(29)24(17(2)38)25(32-27(22)37)19-11-20-4-5-21(12-19)36(20)28(39)34-9-10-40-15-34/h3,6-8,13-14,19-21H,4-5,9-12,15,29H2,1-2H3/t19?,20-,21+. The second-order valence-electron chi connectivity index (χ2n) is 11.0. The lowest BCUT2D eigenvalue weighted by molar-refractivity contribution is 0.100. The smallest absolute Gasteiger partial charge is 0.321 e. The molecule has 3 saturated heterocycles. The summed E-state index contributed by atoms with van der Waals surface area (Å²) < 4.78 is 3.29. The van der Waals surface area contributed by atoms with Crippen molar-refractivity contribution in [2.75, 3.05) is 23.9 Å². The minimum Gasteiger partial charge on any atom is -0.383 e. The Morgan fingerprint density at radius 1 is 1.10 bits per heavy atom. The topological polar surface area (TPSA) is 128 Å². The van der Waals surface area contributed by atoms with E-state index in [1.807, 2.05) is 36.2 Å². The zero-order chi connectivity index (χ0) is 27.5. The number of nitrogens with two attached hydrogens (primary N) is 1. The van der Waals surface area contributed by atoms with Crippen LogP contribution in [0.1, 0.15) is 60.3 Å². The Morgan fingerprint density at radius 2 is 1.90 bits per heavy atom. The Bertz CT molecular complexity index is 1610. The number of nitrogen functional groups attached to an aromatic ring is 1. The van der Waals surface area contributed by atoms with Crippen LogP contribution in [0, 0.1) is 6.92 Å². The number of carbonyl (C=O) groups excluding carboxylic acids is 2. The van der Waals surface area contributed by atoms with Gasteiger partial charge in [0.15, 0.2) is 17.2 Å². The SMILES string of the molecule is CC(=O)c1c(C2C[C@H]3CC[C@@H](C2)N3C(=O)N2CCSC2)nc2c(-c3ccc(-n4ccc(C)n4)nc3)cnn2c1N. The molecule has 3 aliphatic rings. The summed E-state index contributed by atoms with van der Waals surface area (Å²) in [5.41, 5.74) is 10.9. The lowest BCUT2D eigenvalue weighted by atomic mass is 9.85. The van der Waals surface area contributed by atoms with Gasteiger partial charge in [-0.3, -0.25) is 4.79 Å². The Labute approximate surface area is 235 Å². The number of rotatable bonds is 4. The van der Waals surface area contributed by atoms with Crippen molar-refractivity contribution in [3.05, 3.63) is 53.7 Å². The molecular formula is C28H31N9O2S. The number of piperidine rings is 1. The summed E-state index contributed by atoms with van der Waals surface area (Å²) in [5.74, 6) is 2.69. The molecule has 3 fully saturated rings. The predicted octanol–water partition coefficient (Wildman–Crippen LogP) is 3.91. The molecule has 2 amide bonds. The van der Waals surface area contributed by atoms with Gasteiger partial charge < -0.3 is 15.5 Å². The van der Waals surface area contributed by atoms with Gasteiger partial charge in [-0.25, -0.2) is 19.4 Å². The minimum absolute atomic E-state index is 0.0343. The highest BCUT2D eigenvalue weighted by Gasteiger charge is 2.46. The fourth-order valence-corrected chi connectivity index (χ4v) is 7.50. The van der Waals surface area contributed by atoms with Gasteiger partial charge in [0, 0.05) is 53.8 Å². The monoisotopic (exact) mass is 557 g/mol. The number of thioether (sulfide) groups is 1. The second-order valence-corrected chi connectivity index (χ2v) is 12.0. The first-order valence-corrected chi connectivity index (χ1v) is 14.9. The maximum absolute atomic E-state index is 13.3. The lowest BCUT2D eigenvalue weighted by Crippen LogP contribution is -2.51. The van der Waals surface area contributed by atoms with Crippen molar-refractivity contribution in [3.8, 4) is 16.9 Å². The van der Waals surface area contributed by atoms with Crippen LogP contribution in [0.3, 0.4) is 0 Å². The van der Waals surface area contributed by atoms with E-state index >= 15 is 0 Å². The molecule has 2 bridgehead atoms. The summed E-state index contributed by atoms with van der Waals surface area (Å²) in [6.07, 6.45) is 8.88. The number of anilines is 1. The highest BCUT2D eigenvalue weighted by Crippen LogP contribution is 2.45. The van der Waals surface area contributed by atoms with Crippen molar-refractivity contribution in [3.63, 3.8) is 0 Å². The number of ketones is 1. The van der Waals surface area contributed by atoms with E-state index in [1.54, 1.807) is 33.4 Å². The van der Waals surface area contributed by atoms with E-state index in [9.17, 15) is 9.59 Å². The van der Waals surface area contributed by atoms with Gasteiger partial charge in [0.1, 0.15) is 5.82 Å². The molecule has 0 aromatic carbocycles. The van der Waals surface area contributed by atoms with E-state index in [-0.39, 0.29) is 29.8 Å². The first-order chi connectivity index (χ1) is 19.4. The Kier molecular flexibility index (Phi) is 6.02. The van der Waals surface area contributed by atoms with Gasteiger partial charge in [-0.05, 0) is 57.7 Å². The molecule has 0 aliphatic carbocycles. The second kappa shape index (κ2) is 9.61. The summed E-state index contributed by atoms with van der Waals surface area (Å²) in [5, 5.41) is 8.93. The summed E-state index contributed by atoms with van der Waals surface area (Å²) in [4.78, 5) is 40.0. The van der Waals surface area contributed by atoms with Crippen LogP contribution in [-0.2, 0) is 0 Å². The summed E-state index contributed by atoms with van der Waals surface area (Å²) in [7, 11) is 0. The minimum atomic E-state index is -0.126. The van der Waals surface area contributed by atoms with E-state index in [0.717, 1.165) is 66.4 Å². The molecule has 7 rings (SSSR count). The van der Waals surface area contributed by atoms with Crippen LogP contribution in [0.4, 0.5) is 10.6 Å². The Hall–Kier alpha value is -3.93. The molecule has 1 unspecified atom stereocenters. The molecule has 3 aliphatic heterocycles. The van der Waals surface area contributed by atoms with Crippen molar-refractivity contribution < 1.29 is 9.59 Å². The van der Waals surface area contributed by atoms with Crippen molar-refractivity contribution in [1.29, 1.82) is 0 Å². The van der Waals surface area contributed by atoms with E-state index < -0.39 is 0 Å². The van der Waals surface area contributed by atoms with E-state index in [1.165, 1.54) is 6.92 Å². The fraction of sp³-hybridized carbons (Fsp3) is 0.429. The molecule has 40 heavy (non-hydrogen) atoms. The average Bonchev–Trinajstić information content (AvgIpc) is 3.75. The number of aromatic nitrogens is 6. The van der Waals surface area contributed by atoms with Gasteiger partial charge in [-0.15, -0.1) is 11.8 Å². The number of hydrogen-bond donors (Lipinski definition) is 1. The van der Waals surface area contributed by atoms with Gasteiger partial charge in [-0.2, -0.15) is 14.7 Å². The van der Waals surface area contributed by atoms with Gasteiger partial charge in [0.2, 0.25) is 0 Å². The highest BCUT2D eigenvalue weighted by molar-refractivity contribution is 7.99. The number of urea groups is 1. The first kappa shape index (κ1) is 25.1. The van der Waals surface area contributed by atoms with Crippen LogP contribution in [0.2, 0.25) is 0 Å². The number of pyridine rings is 1. The third-order valence-electron chi connectivity index (χ3n) is 8.44. The number of Topliss-reactive ketones (excluding diaryl/α,β-unsaturated/α-hetero) is 1. The molecule has 3 atom stereocenters. The molecule has 4 aromatic heterocycles. The van der Waals surface area contributed by atoms with E-state index in [2.05, 4.69) is 20.1 Å². The molecule has 7 heterocycles. The average molecular weight is 558 g/mol. The van der Waals surface area contributed by atoms with E-state index in [4.69, 9.17) is 10.7 Å². The van der Waals surface area contributed by atoms with Crippen LogP contribution in [-0.4, -0.2) is 81.2 Å². The van der Waals surface area contributed by atoms with Crippen LogP contribution >= 0.6 is 11.8 Å². The number of nitrogens with zero attached hydrogens (tertiary/aromatic N) is 8. The third kappa shape index (κ3) is 4.04. The number of aryl methyl sites for hydroxylation is 1. The quantitative estimate of drug-likeness (QED) is 0.374. The molecule has 0 saturated carbocycles. The van der Waals surface area contributed by atoms with Crippen LogP contribution in [0.15, 0.2) is 36.8 Å². The predicted molar refractivity (Wildman–Crippen MR) is 153 cm³/mol. The zero-order valence-corrected chi connectivity index (χ0v) is 23.3. The number of carbonyl (C=O) groups is 2. The third-order valence-corrected chi connectivity index (χ3v) is 9.41. The van der Waals surface area contributed by atoms with Crippen molar-refractivity contribution in [2.24, 2.45) is 0 Å². The maximum Gasteiger partial charge on any atom is 0.321 e. The van der Waals surface area contributed by atoms with Gasteiger partial charge in [0.25, 0.3) is 0 Å². The summed E-state index contributed by atoms with van der Waals surface area (Å²) in [6, 6.07) is 6.25. The molecule has 12 heteroatoms. The molecule has 0 radical (unpaired) electrons. The van der Waals surface area contributed by atoms with Crippen molar-refractivity contribution in [1.82, 2.24) is 39.2 Å². The summed E-state index contributed by atoms with van der Waals surface area (Å²) >= 11 is 1.80. The zero-order valence-electron chi connectivity index (χ0n) is 22.5. The largest absolute Gasteiger partial charge is 0.383 e. The first-order valence-electron chi connectivity index (χ1n) is 13.7. The lowest BCUT2D eigenvalue weighted by Gasteiger charge is -2.40. The molecule has 4 aromatic rings. The number of fused-ring (bicyclic) bond motifs is 3. The van der Waals surface area contributed by atoms with Crippen molar-refractivity contribution >= 4 is 35.0 Å². The number of amides is 2. The van der Waals surface area contributed by atoms with Gasteiger partial charge in [0.05, 0.1) is 29.0 Å². The summed E-state index contributed by atoms with van der Waals surface area (Å²) in [6.45, 7) is 4.28. The Balaban J connectivity index is 1.24. The van der Waals surface area contributed by atoms with E-state index in [0.29, 0.717) is 22.8 Å². The van der Waals surface area contributed by atoms with Crippen LogP contribution in [0.5, 0.6) is 0 Å². The highest BCUT2D eigenvalue weighted by atomic mass is 32.2. The fourth-order valence-electron chi connectivity index (χ4n) is 6.56. The van der Waals surface area contributed by atoms with Crippen LogP contribution < -0.4 is 5.73 Å². The molecule has 2 N–H and O–H groups in total. The molecular weight excluding hydrogens is 526 g/mol. The molecule has 11 nitrogen and oxygen atoms in total.